The maximum absolute atomic E-state index is 5.67. The van der Waals surface area contributed by atoms with E-state index in [9.17, 15) is 0 Å². The van der Waals surface area contributed by atoms with Crippen molar-refractivity contribution in [3.63, 3.8) is 0 Å². The van der Waals surface area contributed by atoms with Gasteiger partial charge in [-0.3, -0.25) is 4.98 Å². The van der Waals surface area contributed by atoms with Crippen molar-refractivity contribution in [2.24, 2.45) is 0 Å². The van der Waals surface area contributed by atoms with Crippen LogP contribution >= 0.6 is 23.1 Å². The number of thiophene rings is 1. The fourth-order valence-electron chi connectivity index (χ4n) is 1.98. The Balaban J connectivity index is 1.49. The lowest BCUT2D eigenvalue weighted by molar-refractivity contribution is 0.379. The second-order valence-electron chi connectivity index (χ2n) is 4.80. The molecule has 120 valence electrons. The van der Waals surface area contributed by atoms with Crippen LogP contribution in [0.4, 0.5) is 0 Å². The summed E-state index contributed by atoms with van der Waals surface area (Å²) in [7, 11) is 0. The second-order valence-corrected chi connectivity index (χ2v) is 7.04. The lowest BCUT2D eigenvalue weighted by Gasteiger charge is -2.00. The van der Waals surface area contributed by atoms with E-state index in [2.05, 4.69) is 25.3 Å². The molecule has 4 rings (SSSR count). The molecule has 0 aliphatic carbocycles. The van der Waals surface area contributed by atoms with Gasteiger partial charge in [0.1, 0.15) is 0 Å². The fourth-order valence-corrected chi connectivity index (χ4v) is 3.34. The highest BCUT2D eigenvalue weighted by Crippen LogP contribution is 2.35. The first kappa shape index (κ1) is 15.0. The summed E-state index contributed by atoms with van der Waals surface area (Å²) >= 11 is 2.94. The molecule has 24 heavy (non-hydrogen) atoms. The molecule has 0 bridgehead atoms. The van der Waals surface area contributed by atoms with Crippen LogP contribution < -0.4 is 0 Å². The van der Waals surface area contributed by atoms with Crippen molar-refractivity contribution in [3.05, 3.63) is 47.9 Å². The zero-order valence-corrected chi connectivity index (χ0v) is 14.1. The lowest BCUT2D eigenvalue weighted by atomic mass is 10.3. The van der Waals surface area contributed by atoms with Crippen molar-refractivity contribution in [3.8, 4) is 22.2 Å². The molecule has 0 N–H and O–H groups in total. The molecule has 4 heterocycles. The van der Waals surface area contributed by atoms with E-state index >= 15 is 0 Å². The average molecular weight is 357 g/mol. The second kappa shape index (κ2) is 6.54. The fraction of sp³-hybridized carbons (Fsp3) is 0.133. The van der Waals surface area contributed by atoms with E-state index in [1.165, 1.54) is 11.8 Å². The molecule has 0 saturated carbocycles. The quantitative estimate of drug-likeness (QED) is 0.493. The minimum absolute atomic E-state index is 0.100. The number of thioether (sulfide) groups is 1. The number of hydrogen-bond donors (Lipinski definition) is 0. The predicted molar refractivity (Wildman–Crippen MR) is 89.4 cm³/mol. The molecule has 0 spiro atoms. The molecule has 1 unspecified atom stereocenters. The summed E-state index contributed by atoms with van der Waals surface area (Å²) in [5.74, 6) is 1.57. The van der Waals surface area contributed by atoms with Gasteiger partial charge in [-0.25, -0.2) is 0 Å². The van der Waals surface area contributed by atoms with Crippen LogP contribution in [0, 0.1) is 0 Å². The highest BCUT2D eigenvalue weighted by atomic mass is 32.2. The zero-order valence-electron chi connectivity index (χ0n) is 12.5. The summed E-state index contributed by atoms with van der Waals surface area (Å²) < 4.78 is 11.0. The van der Waals surface area contributed by atoms with E-state index in [-0.39, 0.29) is 5.25 Å². The minimum Gasteiger partial charge on any atom is -0.411 e. The Morgan fingerprint density at radius 3 is 2.83 bits per heavy atom. The van der Waals surface area contributed by atoms with Gasteiger partial charge in [0, 0.05) is 18.0 Å². The van der Waals surface area contributed by atoms with E-state index < -0.39 is 0 Å². The van der Waals surface area contributed by atoms with Crippen molar-refractivity contribution in [2.45, 2.75) is 17.4 Å². The predicted octanol–water partition coefficient (Wildman–Crippen LogP) is 4.10. The van der Waals surface area contributed by atoms with E-state index in [0.29, 0.717) is 22.8 Å². The number of nitrogens with zero attached hydrogens (tertiary/aromatic N) is 5. The Kier molecular flexibility index (Phi) is 4.09. The molecule has 0 aromatic carbocycles. The van der Waals surface area contributed by atoms with Gasteiger partial charge >= 0.3 is 0 Å². The minimum atomic E-state index is -0.100. The highest BCUT2D eigenvalue weighted by Gasteiger charge is 2.20. The highest BCUT2D eigenvalue weighted by molar-refractivity contribution is 7.99. The van der Waals surface area contributed by atoms with Gasteiger partial charge in [0.25, 0.3) is 5.22 Å². The molecule has 0 saturated heterocycles. The van der Waals surface area contributed by atoms with Crippen LogP contribution in [0.2, 0.25) is 0 Å². The molecule has 9 heteroatoms. The van der Waals surface area contributed by atoms with Gasteiger partial charge in [-0.15, -0.1) is 21.5 Å². The Hall–Kier alpha value is -2.52. The smallest absolute Gasteiger partial charge is 0.277 e. The number of hydrogen-bond acceptors (Lipinski definition) is 9. The molecule has 0 amide bonds. The zero-order chi connectivity index (χ0) is 16.4. The summed E-state index contributed by atoms with van der Waals surface area (Å²) in [5.41, 5.74) is 0.828. The molecule has 7 nitrogen and oxygen atoms in total. The number of aromatic nitrogens is 5. The summed E-state index contributed by atoms with van der Waals surface area (Å²) in [6.45, 7) is 1.95. The Morgan fingerprint density at radius 1 is 1.17 bits per heavy atom. The summed E-state index contributed by atoms with van der Waals surface area (Å²) in [5, 5.41) is 14.4. The van der Waals surface area contributed by atoms with Crippen LogP contribution in [0.1, 0.15) is 18.1 Å². The van der Waals surface area contributed by atoms with Crippen LogP contribution in [-0.4, -0.2) is 25.3 Å². The van der Waals surface area contributed by atoms with Crippen molar-refractivity contribution in [2.75, 3.05) is 0 Å². The van der Waals surface area contributed by atoms with Crippen molar-refractivity contribution >= 4 is 23.1 Å². The normalized spacial score (nSPS) is 12.4. The molecule has 1 atom stereocenters. The van der Waals surface area contributed by atoms with Crippen LogP contribution in [-0.2, 0) is 0 Å². The van der Waals surface area contributed by atoms with E-state index in [1.807, 2.05) is 36.6 Å². The first-order valence-corrected chi connectivity index (χ1v) is 8.83. The molecular weight excluding hydrogens is 346 g/mol. The van der Waals surface area contributed by atoms with Gasteiger partial charge in [0.05, 0.1) is 10.1 Å². The molecular formula is C15H11N5O2S2. The van der Waals surface area contributed by atoms with Crippen LogP contribution in [0.15, 0.2) is 56.2 Å². The topological polar surface area (TPSA) is 90.7 Å². The van der Waals surface area contributed by atoms with Gasteiger partial charge in [-0.05, 0) is 30.5 Å². The third-order valence-corrected chi connectivity index (χ3v) is 4.93. The first-order chi connectivity index (χ1) is 11.8. The molecule has 0 aliphatic heterocycles. The van der Waals surface area contributed by atoms with Gasteiger partial charge in [0.2, 0.25) is 17.6 Å². The largest absolute Gasteiger partial charge is 0.411 e. The molecule has 0 aliphatic rings. The van der Waals surface area contributed by atoms with Crippen LogP contribution in [0.5, 0.6) is 0 Å². The maximum Gasteiger partial charge on any atom is 0.277 e. The number of pyridine rings is 1. The number of rotatable bonds is 5. The van der Waals surface area contributed by atoms with Crippen LogP contribution in [0.25, 0.3) is 22.2 Å². The van der Waals surface area contributed by atoms with Gasteiger partial charge in [-0.1, -0.05) is 23.0 Å². The van der Waals surface area contributed by atoms with Gasteiger partial charge in [0.15, 0.2) is 0 Å². The summed E-state index contributed by atoms with van der Waals surface area (Å²) in [4.78, 5) is 9.37. The monoisotopic (exact) mass is 357 g/mol. The van der Waals surface area contributed by atoms with E-state index in [4.69, 9.17) is 8.94 Å². The first-order valence-electron chi connectivity index (χ1n) is 7.07. The van der Waals surface area contributed by atoms with E-state index in [0.717, 1.165) is 10.4 Å². The average Bonchev–Trinajstić information content (AvgIpc) is 3.36. The summed E-state index contributed by atoms with van der Waals surface area (Å²) in [6.07, 6.45) is 3.36. The van der Waals surface area contributed by atoms with Crippen molar-refractivity contribution < 1.29 is 8.94 Å². The van der Waals surface area contributed by atoms with Crippen molar-refractivity contribution in [1.82, 2.24) is 25.3 Å². The van der Waals surface area contributed by atoms with Crippen LogP contribution in [0.3, 0.4) is 0 Å². The summed E-state index contributed by atoms with van der Waals surface area (Å²) in [6, 6.07) is 7.54. The molecule has 4 aromatic rings. The van der Waals surface area contributed by atoms with E-state index in [1.54, 1.807) is 23.7 Å². The van der Waals surface area contributed by atoms with Gasteiger partial charge < -0.3 is 8.94 Å². The Labute approximate surface area is 145 Å². The van der Waals surface area contributed by atoms with Crippen molar-refractivity contribution in [1.29, 1.82) is 0 Å². The van der Waals surface area contributed by atoms with Gasteiger partial charge in [-0.2, -0.15) is 4.98 Å². The maximum atomic E-state index is 5.67. The Morgan fingerprint density at radius 2 is 2.04 bits per heavy atom. The SMILES string of the molecule is CC(Sc1nnc(-c2ccncc2)o1)c1nc(-c2cccs2)no1. The lowest BCUT2D eigenvalue weighted by Crippen LogP contribution is -1.88. The third-order valence-electron chi connectivity index (χ3n) is 3.14. The third kappa shape index (κ3) is 3.08. The Bertz CT molecular complexity index is 920. The molecule has 0 radical (unpaired) electrons. The molecule has 0 fully saturated rings. The molecule has 4 aromatic heterocycles. The standard InChI is InChI=1S/C15H11N5O2S2/c1-9(13-17-12(20-22-13)11-3-2-8-23-11)24-15-19-18-14(21-15)10-4-6-16-7-5-10/h2-9H,1H3.